The first-order chi connectivity index (χ1) is 13.7. The Morgan fingerprint density at radius 2 is 1.61 bits per heavy atom. The van der Waals surface area contributed by atoms with Gasteiger partial charge in [0.15, 0.2) is 5.70 Å². The minimum atomic E-state index is -0.0576. The van der Waals surface area contributed by atoms with E-state index >= 15 is 0 Å². The van der Waals surface area contributed by atoms with Crippen molar-refractivity contribution in [2.24, 2.45) is 4.99 Å². The Hall–Kier alpha value is -3.31. The van der Waals surface area contributed by atoms with Crippen LogP contribution in [0.2, 0.25) is 0 Å². The summed E-state index contributed by atoms with van der Waals surface area (Å²) < 4.78 is 1.64. The van der Waals surface area contributed by atoms with Gasteiger partial charge in [-0.25, -0.2) is 19.3 Å². The topological polar surface area (TPSA) is 47.2 Å². The zero-order valence-electron chi connectivity index (χ0n) is 15.9. The van der Waals surface area contributed by atoms with Gasteiger partial charge in [-0.1, -0.05) is 60.7 Å². The third-order valence-electron chi connectivity index (χ3n) is 5.22. The van der Waals surface area contributed by atoms with Crippen LogP contribution in [0.1, 0.15) is 18.1 Å². The van der Waals surface area contributed by atoms with E-state index in [4.69, 9.17) is 4.99 Å². The highest BCUT2D eigenvalue weighted by molar-refractivity contribution is 5.81. The lowest BCUT2D eigenvalue weighted by atomic mass is 10.0. The van der Waals surface area contributed by atoms with E-state index in [2.05, 4.69) is 29.2 Å². The summed E-state index contributed by atoms with van der Waals surface area (Å²) in [6.45, 7) is 2.62. The molecule has 1 atom stereocenters. The Labute approximate surface area is 164 Å². The second-order valence-electron chi connectivity index (χ2n) is 6.90. The normalized spacial score (nSPS) is 18.6. The van der Waals surface area contributed by atoms with E-state index in [9.17, 15) is 4.79 Å². The standard InChI is InChI=1S/C23H23N4O/c1-2-27(23(28)26-14-13-24-17-26)18-25-21(15-19-9-5-3-6-10-19)22(27)16-20-11-7-4-8-12-20/h3-14,17-18H,2,15-16H2,1H3/q+1. The number of benzene rings is 2. The van der Waals surface area contributed by atoms with Crippen LogP contribution in [-0.2, 0) is 12.8 Å². The second kappa shape index (κ2) is 7.74. The van der Waals surface area contributed by atoms with Crippen molar-refractivity contribution in [2.75, 3.05) is 6.54 Å². The first kappa shape index (κ1) is 18.1. The minimum absolute atomic E-state index is 0.0576. The molecule has 1 aliphatic rings. The van der Waals surface area contributed by atoms with Gasteiger partial charge in [-0.15, -0.1) is 0 Å². The monoisotopic (exact) mass is 371 g/mol. The van der Waals surface area contributed by atoms with Gasteiger partial charge in [0.25, 0.3) is 0 Å². The molecule has 5 heteroatoms. The number of nitrogens with zero attached hydrogens (tertiary/aromatic N) is 4. The SMILES string of the molecule is CC[N+]1(C(=O)n2ccnc2)C=NC(Cc2ccccc2)=C1Cc1ccccc1. The van der Waals surface area contributed by atoms with E-state index in [0.29, 0.717) is 19.4 Å². The van der Waals surface area contributed by atoms with Crippen LogP contribution in [0.4, 0.5) is 4.79 Å². The van der Waals surface area contributed by atoms with E-state index in [1.54, 1.807) is 29.6 Å². The molecule has 2 aromatic carbocycles. The quantitative estimate of drug-likeness (QED) is 0.623. The van der Waals surface area contributed by atoms with E-state index in [1.807, 2.05) is 43.3 Å². The fraction of sp³-hybridized carbons (Fsp3) is 0.174. The van der Waals surface area contributed by atoms with Gasteiger partial charge in [-0.3, -0.25) is 0 Å². The summed E-state index contributed by atoms with van der Waals surface area (Å²) in [4.78, 5) is 22.2. The molecule has 0 N–H and O–H groups in total. The number of aromatic nitrogens is 2. The number of aliphatic imine (C=N–C) groups is 1. The number of amides is 1. The second-order valence-corrected chi connectivity index (χ2v) is 6.90. The summed E-state index contributed by atoms with van der Waals surface area (Å²) in [5.74, 6) is 0. The number of carbonyl (C=O) groups excluding carboxylic acids is 1. The van der Waals surface area contributed by atoms with Crippen LogP contribution in [-0.4, -0.2) is 32.9 Å². The molecule has 3 aromatic rings. The summed E-state index contributed by atoms with van der Waals surface area (Å²) in [7, 11) is 0. The molecular formula is C23H23N4O+. The zero-order valence-corrected chi connectivity index (χ0v) is 15.9. The van der Waals surface area contributed by atoms with E-state index in [0.717, 1.165) is 11.4 Å². The Bertz CT molecular complexity index is 1010. The van der Waals surface area contributed by atoms with Gasteiger partial charge in [0.2, 0.25) is 6.34 Å². The van der Waals surface area contributed by atoms with E-state index in [-0.39, 0.29) is 10.5 Å². The predicted molar refractivity (Wildman–Crippen MR) is 110 cm³/mol. The van der Waals surface area contributed by atoms with Gasteiger partial charge >= 0.3 is 6.03 Å². The fourth-order valence-corrected chi connectivity index (χ4v) is 3.66. The molecule has 0 aliphatic carbocycles. The van der Waals surface area contributed by atoms with Gasteiger partial charge in [-0.05, 0) is 18.1 Å². The average Bonchev–Trinajstić information content (AvgIpc) is 3.39. The lowest BCUT2D eigenvalue weighted by Crippen LogP contribution is -2.51. The number of hydrogen-bond acceptors (Lipinski definition) is 3. The van der Waals surface area contributed by atoms with Crippen molar-refractivity contribution in [1.29, 1.82) is 0 Å². The minimum Gasteiger partial charge on any atom is -0.245 e. The number of allylic oxidation sites excluding steroid dienone is 2. The first-order valence-corrected chi connectivity index (χ1v) is 9.49. The number of rotatable bonds is 5. The molecule has 1 unspecified atom stereocenters. The Morgan fingerprint density at radius 1 is 0.964 bits per heavy atom. The van der Waals surface area contributed by atoms with Crippen LogP contribution in [0.5, 0.6) is 0 Å². The maximum absolute atomic E-state index is 13.4. The Morgan fingerprint density at radius 3 is 2.18 bits per heavy atom. The molecule has 0 saturated heterocycles. The van der Waals surface area contributed by atoms with Crippen molar-refractivity contribution in [3.05, 3.63) is 102 Å². The van der Waals surface area contributed by atoms with Crippen molar-refractivity contribution >= 4 is 12.4 Å². The highest BCUT2D eigenvalue weighted by Crippen LogP contribution is 2.32. The van der Waals surface area contributed by atoms with Gasteiger partial charge in [-0.2, -0.15) is 4.48 Å². The molecule has 4 rings (SSSR count). The van der Waals surface area contributed by atoms with Crippen LogP contribution in [0, 0.1) is 0 Å². The largest absolute Gasteiger partial charge is 0.439 e. The van der Waals surface area contributed by atoms with E-state index in [1.165, 1.54) is 11.1 Å². The summed E-state index contributed by atoms with van der Waals surface area (Å²) in [5, 5.41) is 0. The predicted octanol–water partition coefficient (Wildman–Crippen LogP) is 4.43. The van der Waals surface area contributed by atoms with Gasteiger partial charge in [0.05, 0.1) is 13.0 Å². The summed E-state index contributed by atoms with van der Waals surface area (Å²) in [5.41, 5.74) is 4.34. The highest BCUT2D eigenvalue weighted by atomic mass is 16.2. The first-order valence-electron chi connectivity index (χ1n) is 9.49. The number of quaternary nitrogens is 1. The smallest absolute Gasteiger partial charge is 0.245 e. The Kier molecular flexibility index (Phi) is 5.00. The van der Waals surface area contributed by atoms with Gasteiger partial charge < -0.3 is 0 Å². The molecule has 28 heavy (non-hydrogen) atoms. The average molecular weight is 371 g/mol. The van der Waals surface area contributed by atoms with Crippen LogP contribution in [0.25, 0.3) is 0 Å². The molecule has 1 amide bonds. The zero-order chi connectivity index (χ0) is 19.4. The maximum Gasteiger partial charge on any atom is 0.439 e. The molecule has 0 radical (unpaired) electrons. The fourth-order valence-electron chi connectivity index (χ4n) is 3.66. The molecule has 0 fully saturated rings. The van der Waals surface area contributed by atoms with Crippen molar-refractivity contribution < 1.29 is 9.28 Å². The molecule has 0 spiro atoms. The van der Waals surface area contributed by atoms with Crippen LogP contribution in [0.15, 0.2) is 95.8 Å². The van der Waals surface area contributed by atoms with Gasteiger partial charge in [0.1, 0.15) is 12.0 Å². The van der Waals surface area contributed by atoms with Crippen molar-refractivity contribution in [2.45, 2.75) is 19.8 Å². The molecule has 2 heterocycles. The Balaban J connectivity index is 1.78. The molecule has 1 aromatic heterocycles. The molecule has 5 nitrogen and oxygen atoms in total. The lowest BCUT2D eigenvalue weighted by Gasteiger charge is -2.28. The summed E-state index contributed by atoms with van der Waals surface area (Å²) in [6, 6.07) is 20.5. The molecule has 0 saturated carbocycles. The maximum atomic E-state index is 13.4. The van der Waals surface area contributed by atoms with Gasteiger partial charge in [0, 0.05) is 18.8 Å². The summed E-state index contributed by atoms with van der Waals surface area (Å²) >= 11 is 0. The summed E-state index contributed by atoms with van der Waals surface area (Å²) in [6.07, 6.45) is 8.05. The number of hydrogen-bond donors (Lipinski definition) is 0. The lowest BCUT2D eigenvalue weighted by molar-refractivity contribution is -0.706. The molecule has 140 valence electrons. The van der Waals surface area contributed by atoms with E-state index < -0.39 is 0 Å². The third-order valence-corrected chi connectivity index (χ3v) is 5.22. The molecular weight excluding hydrogens is 348 g/mol. The van der Waals surface area contributed by atoms with Crippen LogP contribution in [0.3, 0.4) is 0 Å². The van der Waals surface area contributed by atoms with Crippen LogP contribution >= 0.6 is 0 Å². The number of carbonyl (C=O) groups is 1. The van der Waals surface area contributed by atoms with Crippen molar-refractivity contribution in [3.63, 3.8) is 0 Å². The van der Waals surface area contributed by atoms with Crippen molar-refractivity contribution in [3.8, 4) is 0 Å². The van der Waals surface area contributed by atoms with Crippen molar-refractivity contribution in [1.82, 2.24) is 9.55 Å². The third kappa shape index (κ3) is 3.32. The number of imidazole rings is 1. The molecule has 1 aliphatic heterocycles. The number of likely N-dealkylation sites (N-methyl/N-ethyl adjacent to an activating group) is 1. The molecule has 0 bridgehead atoms. The highest BCUT2D eigenvalue weighted by Gasteiger charge is 2.45. The van der Waals surface area contributed by atoms with Crippen LogP contribution < -0.4 is 0 Å².